The number of hydrogen-bond acceptors (Lipinski definition) is 5. The van der Waals surface area contributed by atoms with Gasteiger partial charge in [-0.15, -0.1) is 4.80 Å². The van der Waals surface area contributed by atoms with Gasteiger partial charge in [-0.1, -0.05) is 40.9 Å². The number of nitrogens with one attached hydrogen (secondary N) is 1. The van der Waals surface area contributed by atoms with Gasteiger partial charge in [0.1, 0.15) is 0 Å². The third kappa shape index (κ3) is 4.07. The Morgan fingerprint density at radius 1 is 0.897 bits per heavy atom. The van der Waals surface area contributed by atoms with Crippen LogP contribution in [-0.2, 0) is 0 Å². The van der Waals surface area contributed by atoms with Gasteiger partial charge in [-0.05, 0) is 29.8 Å². The quantitative estimate of drug-likeness (QED) is 0.481. The molecule has 0 aliphatic heterocycles. The fourth-order valence-corrected chi connectivity index (χ4v) is 3.38. The van der Waals surface area contributed by atoms with Gasteiger partial charge in [-0.25, -0.2) is 4.98 Å². The van der Waals surface area contributed by atoms with Gasteiger partial charge >= 0.3 is 0 Å². The molecule has 1 aromatic carbocycles. The van der Waals surface area contributed by atoms with Gasteiger partial charge in [-0.2, -0.15) is 10.2 Å². The molecule has 3 aromatic heterocycles. The molecule has 0 radical (unpaired) electrons. The van der Waals surface area contributed by atoms with E-state index in [0.717, 1.165) is 11.1 Å². The fraction of sp³-hybridized carbons (Fsp3) is 0. The third-order valence-electron chi connectivity index (χ3n) is 3.98. The fourth-order valence-electron chi connectivity index (χ4n) is 2.65. The van der Waals surface area contributed by atoms with Gasteiger partial charge in [0.2, 0.25) is 0 Å². The molecule has 29 heavy (non-hydrogen) atoms. The van der Waals surface area contributed by atoms with Crippen molar-refractivity contribution in [3.8, 4) is 16.9 Å². The minimum Gasteiger partial charge on any atom is -0.320 e. The van der Waals surface area contributed by atoms with Crippen molar-refractivity contribution in [1.82, 2.24) is 25.0 Å². The number of halogens is 3. The summed E-state index contributed by atoms with van der Waals surface area (Å²) in [5.74, 6) is -0.0449. The number of nitrogens with zero attached hydrogens (tertiary/aromatic N) is 5. The Bertz CT molecular complexity index is 1200. The van der Waals surface area contributed by atoms with Crippen molar-refractivity contribution in [2.75, 3.05) is 5.32 Å². The van der Waals surface area contributed by atoms with Crippen LogP contribution < -0.4 is 5.32 Å². The predicted molar refractivity (Wildman–Crippen MR) is 112 cm³/mol. The summed E-state index contributed by atoms with van der Waals surface area (Å²) in [4.78, 5) is 22.1. The van der Waals surface area contributed by atoms with Gasteiger partial charge in [0, 0.05) is 18.0 Å². The van der Waals surface area contributed by atoms with E-state index in [1.54, 1.807) is 42.7 Å². The molecule has 7 nitrogen and oxygen atoms in total. The van der Waals surface area contributed by atoms with Crippen molar-refractivity contribution < 1.29 is 4.79 Å². The minimum atomic E-state index is -0.398. The number of anilines is 1. The molecule has 0 aliphatic carbocycles. The molecule has 1 N–H and O–H groups in total. The molecule has 144 valence electrons. The Morgan fingerprint density at radius 3 is 2.38 bits per heavy atom. The topological polar surface area (TPSA) is 85.6 Å². The molecule has 4 rings (SSSR count). The van der Waals surface area contributed by atoms with Crippen molar-refractivity contribution in [2.45, 2.75) is 0 Å². The van der Waals surface area contributed by atoms with Gasteiger partial charge in [-0.3, -0.25) is 9.78 Å². The summed E-state index contributed by atoms with van der Waals surface area (Å²) in [6.07, 6.45) is 7.66. The first-order valence-corrected chi connectivity index (χ1v) is 9.39. The number of pyridine rings is 2. The molecule has 0 fully saturated rings. The van der Waals surface area contributed by atoms with Crippen molar-refractivity contribution in [3.63, 3.8) is 0 Å². The Labute approximate surface area is 180 Å². The lowest BCUT2D eigenvalue weighted by molar-refractivity contribution is 0.102. The van der Waals surface area contributed by atoms with E-state index in [1.165, 1.54) is 23.4 Å². The van der Waals surface area contributed by atoms with Crippen LogP contribution in [0.3, 0.4) is 0 Å². The molecule has 10 heteroatoms. The van der Waals surface area contributed by atoms with Gasteiger partial charge in [0.05, 0.1) is 44.9 Å². The first kappa shape index (κ1) is 19.3. The second-order valence-electron chi connectivity index (χ2n) is 5.85. The molecule has 0 saturated carbocycles. The van der Waals surface area contributed by atoms with Crippen LogP contribution in [0.2, 0.25) is 15.1 Å². The highest BCUT2D eigenvalue weighted by Crippen LogP contribution is 2.30. The third-order valence-corrected chi connectivity index (χ3v) is 4.88. The molecular weight excluding hydrogens is 435 g/mol. The van der Waals surface area contributed by atoms with Gasteiger partial charge in [0.15, 0.2) is 5.82 Å². The molecule has 4 aromatic rings. The van der Waals surface area contributed by atoms with E-state index in [1.807, 2.05) is 0 Å². The lowest BCUT2D eigenvalue weighted by Gasteiger charge is -2.10. The Kier molecular flexibility index (Phi) is 5.44. The average Bonchev–Trinajstić information content (AvgIpc) is 3.23. The van der Waals surface area contributed by atoms with Crippen LogP contribution in [0.4, 0.5) is 5.69 Å². The summed E-state index contributed by atoms with van der Waals surface area (Å²) in [5.41, 5.74) is 2.26. The second-order valence-corrected chi connectivity index (χ2v) is 7.07. The zero-order valence-corrected chi connectivity index (χ0v) is 16.8. The maximum atomic E-state index is 12.6. The number of aromatic nitrogens is 5. The van der Waals surface area contributed by atoms with E-state index in [2.05, 4.69) is 25.5 Å². The molecule has 0 spiro atoms. The monoisotopic (exact) mass is 444 g/mol. The van der Waals surface area contributed by atoms with Crippen LogP contribution in [0.15, 0.2) is 61.3 Å². The van der Waals surface area contributed by atoms with E-state index < -0.39 is 5.91 Å². The molecule has 0 bridgehead atoms. The van der Waals surface area contributed by atoms with E-state index in [9.17, 15) is 4.79 Å². The van der Waals surface area contributed by atoms with Crippen LogP contribution in [-0.4, -0.2) is 30.9 Å². The van der Waals surface area contributed by atoms with E-state index in [4.69, 9.17) is 34.8 Å². The lowest BCUT2D eigenvalue weighted by Crippen LogP contribution is -2.13. The highest BCUT2D eigenvalue weighted by Gasteiger charge is 2.14. The first-order chi connectivity index (χ1) is 14.0. The largest absolute Gasteiger partial charge is 0.320 e. The number of amides is 1. The molecule has 0 aliphatic rings. The number of hydrogen-bond donors (Lipinski definition) is 1. The predicted octanol–water partition coefficient (Wildman–Crippen LogP) is 4.94. The number of benzene rings is 1. The van der Waals surface area contributed by atoms with Crippen LogP contribution in [0.1, 0.15) is 10.4 Å². The molecule has 0 atom stereocenters. The standard InChI is InChI=1S/C19H11Cl3N6O/c20-15-7-11(13-3-4-23-10-17(13)22)1-2-14(15)19(29)27-12-8-16(21)18(24-9-12)28-25-5-6-26-28/h1-10H,(H,27,29). The Hall–Kier alpha value is -3.00. The number of carbonyl (C=O) groups excluding carboxylic acids is 1. The first-order valence-electron chi connectivity index (χ1n) is 8.26. The number of rotatable bonds is 4. The van der Waals surface area contributed by atoms with E-state index >= 15 is 0 Å². The van der Waals surface area contributed by atoms with Crippen LogP contribution in [0.25, 0.3) is 16.9 Å². The summed E-state index contributed by atoms with van der Waals surface area (Å²) < 4.78 is 0. The van der Waals surface area contributed by atoms with Crippen LogP contribution in [0.5, 0.6) is 0 Å². The SMILES string of the molecule is O=C(Nc1cnc(-n2nccn2)c(Cl)c1)c1ccc(-c2ccncc2Cl)cc1Cl. The van der Waals surface area contributed by atoms with E-state index in [0.29, 0.717) is 22.1 Å². The summed E-state index contributed by atoms with van der Waals surface area (Å²) in [5, 5.41) is 11.7. The summed E-state index contributed by atoms with van der Waals surface area (Å²) in [6, 6.07) is 8.40. The van der Waals surface area contributed by atoms with Crippen molar-refractivity contribution in [3.05, 3.63) is 81.9 Å². The zero-order chi connectivity index (χ0) is 20.4. The van der Waals surface area contributed by atoms with Gasteiger partial charge < -0.3 is 5.32 Å². The van der Waals surface area contributed by atoms with Crippen molar-refractivity contribution >= 4 is 46.4 Å². The summed E-state index contributed by atoms with van der Waals surface area (Å²) >= 11 is 18.7. The van der Waals surface area contributed by atoms with Gasteiger partial charge in [0.25, 0.3) is 5.91 Å². The average molecular weight is 446 g/mol. The molecule has 0 unspecified atom stereocenters. The Morgan fingerprint density at radius 2 is 1.69 bits per heavy atom. The normalized spacial score (nSPS) is 10.7. The maximum Gasteiger partial charge on any atom is 0.257 e. The molecule has 1 amide bonds. The lowest BCUT2D eigenvalue weighted by atomic mass is 10.0. The minimum absolute atomic E-state index is 0.282. The molecule has 0 saturated heterocycles. The summed E-state index contributed by atoms with van der Waals surface area (Å²) in [6.45, 7) is 0. The van der Waals surface area contributed by atoms with E-state index in [-0.39, 0.29) is 10.0 Å². The molecule has 3 heterocycles. The van der Waals surface area contributed by atoms with Crippen LogP contribution in [0, 0.1) is 0 Å². The van der Waals surface area contributed by atoms with Crippen molar-refractivity contribution in [1.29, 1.82) is 0 Å². The highest BCUT2D eigenvalue weighted by atomic mass is 35.5. The van der Waals surface area contributed by atoms with Crippen molar-refractivity contribution in [2.24, 2.45) is 0 Å². The zero-order valence-electron chi connectivity index (χ0n) is 14.6. The Balaban J connectivity index is 1.56. The smallest absolute Gasteiger partial charge is 0.257 e. The molecular formula is C19H11Cl3N6O. The van der Waals surface area contributed by atoms with Crippen LogP contribution >= 0.6 is 34.8 Å². The highest BCUT2D eigenvalue weighted by molar-refractivity contribution is 6.35. The maximum absolute atomic E-state index is 12.6. The summed E-state index contributed by atoms with van der Waals surface area (Å²) in [7, 11) is 0. The number of carbonyl (C=O) groups is 1. The second kappa shape index (κ2) is 8.16.